The zero-order valence-corrected chi connectivity index (χ0v) is 14.3. The van der Waals surface area contributed by atoms with E-state index < -0.39 is 0 Å². The minimum absolute atomic E-state index is 0.277. The number of hydrogen-bond donors (Lipinski definition) is 0. The van der Waals surface area contributed by atoms with E-state index in [-0.39, 0.29) is 5.82 Å². The van der Waals surface area contributed by atoms with Crippen LogP contribution in [0.25, 0.3) is 11.4 Å². The molecule has 0 N–H and O–H groups in total. The van der Waals surface area contributed by atoms with Gasteiger partial charge in [-0.05, 0) is 29.8 Å². The van der Waals surface area contributed by atoms with Crippen LogP contribution in [0.2, 0.25) is 0 Å². The first-order valence-electron chi connectivity index (χ1n) is 8.65. The molecule has 1 saturated heterocycles. The maximum atomic E-state index is 13.3. The zero-order chi connectivity index (χ0) is 17.8. The lowest BCUT2D eigenvalue weighted by Crippen LogP contribution is -2.37. The molecule has 0 atom stereocenters. The number of anilines is 1. The maximum absolute atomic E-state index is 13.3. The van der Waals surface area contributed by atoms with Gasteiger partial charge in [0.05, 0.1) is 13.2 Å². The van der Waals surface area contributed by atoms with Gasteiger partial charge in [0.1, 0.15) is 11.6 Å². The van der Waals surface area contributed by atoms with Crippen molar-refractivity contribution in [2.75, 3.05) is 31.2 Å². The van der Waals surface area contributed by atoms with Gasteiger partial charge in [-0.15, -0.1) is 0 Å². The van der Waals surface area contributed by atoms with Crippen molar-refractivity contribution in [2.45, 2.75) is 6.42 Å². The Kier molecular flexibility index (Phi) is 4.84. The summed E-state index contributed by atoms with van der Waals surface area (Å²) >= 11 is 0. The molecule has 0 radical (unpaired) electrons. The Morgan fingerprint density at radius 2 is 1.62 bits per heavy atom. The minimum Gasteiger partial charge on any atom is -0.378 e. The molecule has 2 aromatic carbocycles. The van der Waals surface area contributed by atoms with Crippen molar-refractivity contribution in [1.29, 1.82) is 0 Å². The molecule has 26 heavy (non-hydrogen) atoms. The molecule has 0 bridgehead atoms. The molecule has 3 aromatic rings. The summed E-state index contributed by atoms with van der Waals surface area (Å²) in [6.07, 6.45) is 0.620. The third-order valence-electron chi connectivity index (χ3n) is 4.27. The molecule has 0 aliphatic carbocycles. The largest absolute Gasteiger partial charge is 0.378 e. The zero-order valence-electron chi connectivity index (χ0n) is 14.3. The smallest absolute Gasteiger partial charge is 0.229 e. The summed E-state index contributed by atoms with van der Waals surface area (Å²) < 4.78 is 18.7. The van der Waals surface area contributed by atoms with Gasteiger partial charge in [0.25, 0.3) is 0 Å². The van der Waals surface area contributed by atoms with E-state index in [1.54, 1.807) is 12.1 Å². The van der Waals surface area contributed by atoms with E-state index in [4.69, 9.17) is 4.74 Å². The lowest BCUT2D eigenvalue weighted by Gasteiger charge is -2.27. The topological polar surface area (TPSA) is 51.1 Å². The molecule has 1 aromatic heterocycles. The minimum atomic E-state index is -0.277. The standard InChI is InChI=1S/C20H19FN4O/c21-17-8-6-16(7-9-17)19-22-18(14-15-4-2-1-3-5-15)23-20(24-19)25-10-12-26-13-11-25/h1-9H,10-14H2. The molecule has 1 fully saturated rings. The average Bonchev–Trinajstić information content (AvgIpc) is 2.70. The predicted molar refractivity (Wildman–Crippen MR) is 97.5 cm³/mol. The molecule has 2 heterocycles. The van der Waals surface area contributed by atoms with Crippen molar-refractivity contribution in [3.05, 3.63) is 71.8 Å². The van der Waals surface area contributed by atoms with Crippen molar-refractivity contribution in [3.8, 4) is 11.4 Å². The van der Waals surface area contributed by atoms with Gasteiger partial charge in [-0.3, -0.25) is 0 Å². The summed E-state index contributed by atoms with van der Waals surface area (Å²) in [7, 11) is 0. The molecule has 6 heteroatoms. The van der Waals surface area contributed by atoms with Gasteiger partial charge in [0, 0.05) is 25.1 Å². The monoisotopic (exact) mass is 350 g/mol. The number of morpholine rings is 1. The summed E-state index contributed by atoms with van der Waals surface area (Å²) in [6.45, 7) is 2.81. The van der Waals surface area contributed by atoms with Crippen LogP contribution in [0, 0.1) is 5.82 Å². The van der Waals surface area contributed by atoms with Crippen molar-refractivity contribution in [3.63, 3.8) is 0 Å². The fourth-order valence-corrected chi connectivity index (χ4v) is 2.90. The van der Waals surface area contributed by atoms with Crippen molar-refractivity contribution >= 4 is 5.95 Å². The summed E-state index contributed by atoms with van der Waals surface area (Å²) in [6, 6.07) is 16.3. The Bertz CT molecular complexity index is 865. The SMILES string of the molecule is Fc1ccc(-c2nc(Cc3ccccc3)nc(N3CCOCC3)n2)cc1. The Hall–Kier alpha value is -2.86. The van der Waals surface area contributed by atoms with Gasteiger partial charge in [0.2, 0.25) is 5.95 Å². The number of aromatic nitrogens is 3. The molecule has 1 aliphatic heterocycles. The van der Waals surface area contributed by atoms with Gasteiger partial charge in [-0.25, -0.2) is 9.37 Å². The van der Waals surface area contributed by atoms with Gasteiger partial charge < -0.3 is 9.64 Å². The van der Waals surface area contributed by atoms with Crippen LogP contribution in [0.1, 0.15) is 11.4 Å². The number of benzene rings is 2. The normalized spacial score (nSPS) is 14.4. The molecule has 5 nitrogen and oxygen atoms in total. The Morgan fingerprint density at radius 3 is 2.35 bits per heavy atom. The van der Waals surface area contributed by atoms with E-state index in [9.17, 15) is 4.39 Å². The summed E-state index contributed by atoms with van der Waals surface area (Å²) in [4.78, 5) is 16.0. The fraction of sp³-hybridized carbons (Fsp3) is 0.250. The number of ether oxygens (including phenoxy) is 1. The lowest BCUT2D eigenvalue weighted by atomic mass is 10.1. The Labute approximate surface area is 151 Å². The van der Waals surface area contributed by atoms with Crippen LogP contribution < -0.4 is 4.90 Å². The van der Waals surface area contributed by atoms with Gasteiger partial charge in [0.15, 0.2) is 5.82 Å². The first kappa shape index (κ1) is 16.6. The van der Waals surface area contributed by atoms with Gasteiger partial charge >= 0.3 is 0 Å². The highest BCUT2D eigenvalue weighted by Gasteiger charge is 2.17. The quantitative estimate of drug-likeness (QED) is 0.724. The second-order valence-corrected chi connectivity index (χ2v) is 6.14. The van der Waals surface area contributed by atoms with Crippen LogP contribution in [-0.4, -0.2) is 41.3 Å². The highest BCUT2D eigenvalue weighted by atomic mass is 19.1. The molecule has 0 amide bonds. The highest BCUT2D eigenvalue weighted by molar-refractivity contribution is 5.56. The molecular weight excluding hydrogens is 331 g/mol. The first-order valence-corrected chi connectivity index (χ1v) is 8.65. The summed E-state index contributed by atoms with van der Waals surface area (Å²) in [5.41, 5.74) is 1.91. The van der Waals surface area contributed by atoms with E-state index in [0.717, 1.165) is 24.2 Å². The van der Waals surface area contributed by atoms with Crippen LogP contribution >= 0.6 is 0 Å². The number of hydrogen-bond acceptors (Lipinski definition) is 5. The summed E-state index contributed by atoms with van der Waals surface area (Å²) in [5.74, 6) is 1.63. The Morgan fingerprint density at radius 1 is 0.885 bits per heavy atom. The molecule has 0 spiro atoms. The summed E-state index contributed by atoms with van der Waals surface area (Å²) in [5, 5.41) is 0. The molecule has 4 rings (SSSR count). The van der Waals surface area contributed by atoms with Crippen LogP contribution in [-0.2, 0) is 11.2 Å². The molecule has 132 valence electrons. The molecular formula is C20H19FN4O. The predicted octanol–water partition coefficient (Wildman–Crippen LogP) is 3.11. The Balaban J connectivity index is 1.72. The first-order chi connectivity index (χ1) is 12.8. The van der Waals surface area contributed by atoms with Crippen molar-refractivity contribution in [1.82, 2.24) is 15.0 Å². The van der Waals surface area contributed by atoms with E-state index in [2.05, 4.69) is 32.0 Å². The average molecular weight is 350 g/mol. The maximum Gasteiger partial charge on any atom is 0.229 e. The van der Waals surface area contributed by atoms with Gasteiger partial charge in [-0.2, -0.15) is 9.97 Å². The highest BCUT2D eigenvalue weighted by Crippen LogP contribution is 2.20. The van der Waals surface area contributed by atoms with Crippen LogP contribution in [0.3, 0.4) is 0 Å². The van der Waals surface area contributed by atoms with E-state index >= 15 is 0 Å². The molecule has 0 unspecified atom stereocenters. The van der Waals surface area contributed by atoms with Crippen LogP contribution in [0.15, 0.2) is 54.6 Å². The van der Waals surface area contributed by atoms with Crippen LogP contribution in [0.5, 0.6) is 0 Å². The number of rotatable bonds is 4. The molecule has 0 saturated carbocycles. The third-order valence-corrected chi connectivity index (χ3v) is 4.27. The third kappa shape index (κ3) is 3.86. The van der Waals surface area contributed by atoms with E-state index in [1.807, 2.05) is 18.2 Å². The number of nitrogens with zero attached hydrogens (tertiary/aromatic N) is 4. The van der Waals surface area contributed by atoms with E-state index in [0.29, 0.717) is 37.2 Å². The van der Waals surface area contributed by atoms with Crippen molar-refractivity contribution < 1.29 is 9.13 Å². The second kappa shape index (κ2) is 7.58. The molecule has 1 aliphatic rings. The lowest BCUT2D eigenvalue weighted by molar-refractivity contribution is 0.122. The van der Waals surface area contributed by atoms with Crippen molar-refractivity contribution in [2.24, 2.45) is 0 Å². The fourth-order valence-electron chi connectivity index (χ4n) is 2.90. The second-order valence-electron chi connectivity index (χ2n) is 6.14. The van der Waals surface area contributed by atoms with Crippen LogP contribution in [0.4, 0.5) is 10.3 Å². The van der Waals surface area contributed by atoms with E-state index in [1.165, 1.54) is 12.1 Å². The van der Waals surface area contributed by atoms with Gasteiger partial charge in [-0.1, -0.05) is 30.3 Å². The number of halogens is 1.